The second-order valence-corrected chi connectivity index (χ2v) is 15.7. The van der Waals surface area contributed by atoms with Gasteiger partial charge in [-0.05, 0) is 86.1 Å². The summed E-state index contributed by atoms with van der Waals surface area (Å²) >= 11 is 12.1. The molecule has 2 fully saturated rings. The number of carbonyl (C=O) groups excluding carboxylic acids is 2. The molecular weight excluding hydrogens is 665 g/mol. The van der Waals surface area contributed by atoms with Crippen molar-refractivity contribution >= 4 is 55.1 Å². The zero-order chi connectivity index (χ0) is 32.8. The number of hydrogen-bond acceptors (Lipinski definition) is 8. The number of nitrogens with two attached hydrogens (primary N) is 1. The van der Waals surface area contributed by atoms with E-state index in [-0.39, 0.29) is 48.0 Å². The van der Waals surface area contributed by atoms with E-state index in [2.05, 4.69) is 15.4 Å². The fraction of sp³-hybridized carbons (Fsp3) is 0.517. The molecule has 16 heteroatoms. The van der Waals surface area contributed by atoms with E-state index >= 15 is 0 Å². The molecule has 5 N–H and O–H groups in total. The van der Waals surface area contributed by atoms with Crippen molar-refractivity contribution in [2.45, 2.75) is 68.3 Å². The SMILES string of the molecule is CS(=O)(=O)N[C@H](CCC1CCNCC1)C(=O)N1C[C@H](OCc2ccc(Cl)cc2)C[C@H]1C(=O)NCc1cc(Cl)ccc1S(N)(=O)=O. The average molecular weight is 705 g/mol. The van der Waals surface area contributed by atoms with Crippen molar-refractivity contribution in [2.24, 2.45) is 11.1 Å². The van der Waals surface area contributed by atoms with Crippen molar-refractivity contribution in [3.8, 4) is 0 Å². The van der Waals surface area contributed by atoms with Crippen LogP contribution < -0.4 is 20.5 Å². The minimum Gasteiger partial charge on any atom is -0.372 e. The summed E-state index contributed by atoms with van der Waals surface area (Å²) < 4.78 is 57.4. The number of ether oxygens (including phenoxy) is 1. The second kappa shape index (κ2) is 15.5. The number of primary sulfonamides is 1. The molecule has 0 radical (unpaired) electrons. The number of rotatable bonds is 13. The molecule has 3 atom stereocenters. The predicted octanol–water partition coefficient (Wildman–Crippen LogP) is 2.14. The van der Waals surface area contributed by atoms with Crippen molar-refractivity contribution in [3.05, 3.63) is 63.6 Å². The lowest BCUT2D eigenvalue weighted by molar-refractivity contribution is -0.140. The van der Waals surface area contributed by atoms with Crippen LogP contribution in [0.1, 0.15) is 43.2 Å². The van der Waals surface area contributed by atoms with Crippen molar-refractivity contribution < 1.29 is 31.2 Å². The standard InChI is InChI=1S/C29H39Cl2N5O7S2/c1-44(39,40)35-25(8-4-19-10-12-33-13-11-19)29(38)36-17-24(43-18-20-2-5-22(30)6-3-20)15-26(36)28(37)34-16-21-14-23(31)7-9-27(21)45(32,41)42/h2-3,5-7,9,14,19,24-26,33,35H,4,8,10-13,15-18H2,1H3,(H,34,37)(H2,32,41,42)/t24-,25-,26+/m1/s1. The molecule has 0 unspecified atom stereocenters. The lowest BCUT2D eigenvalue weighted by atomic mass is 9.91. The third-order valence-corrected chi connectivity index (χ3v) is 10.2. The van der Waals surface area contributed by atoms with Crippen LogP contribution in [0.5, 0.6) is 0 Å². The van der Waals surface area contributed by atoms with E-state index in [0.717, 1.165) is 37.8 Å². The Labute approximate surface area is 274 Å². The highest BCUT2D eigenvalue weighted by atomic mass is 35.5. The lowest BCUT2D eigenvalue weighted by Crippen LogP contribution is -2.53. The van der Waals surface area contributed by atoms with E-state index in [4.69, 9.17) is 33.1 Å². The zero-order valence-corrected chi connectivity index (χ0v) is 28.0. The van der Waals surface area contributed by atoms with Gasteiger partial charge >= 0.3 is 0 Å². The summed E-state index contributed by atoms with van der Waals surface area (Å²) in [5, 5.41) is 12.2. The lowest BCUT2D eigenvalue weighted by Gasteiger charge is -2.30. The number of nitrogens with zero attached hydrogens (tertiary/aromatic N) is 1. The van der Waals surface area contributed by atoms with E-state index in [0.29, 0.717) is 17.4 Å². The fourth-order valence-electron chi connectivity index (χ4n) is 5.73. The minimum atomic E-state index is -4.10. The van der Waals surface area contributed by atoms with Gasteiger partial charge in [-0.1, -0.05) is 35.3 Å². The van der Waals surface area contributed by atoms with Crippen LogP contribution in [0.3, 0.4) is 0 Å². The monoisotopic (exact) mass is 703 g/mol. The summed E-state index contributed by atoms with van der Waals surface area (Å²) in [5.41, 5.74) is 1.03. The van der Waals surface area contributed by atoms with Gasteiger partial charge in [0.05, 0.1) is 23.9 Å². The Morgan fingerprint density at radius 1 is 1.07 bits per heavy atom. The van der Waals surface area contributed by atoms with E-state index in [1.807, 2.05) is 12.1 Å². The number of benzene rings is 2. The number of carbonyl (C=O) groups is 2. The van der Waals surface area contributed by atoms with Gasteiger partial charge in [-0.15, -0.1) is 0 Å². The third-order valence-electron chi connectivity index (χ3n) is 8.01. The predicted molar refractivity (Wildman–Crippen MR) is 171 cm³/mol. The first-order chi connectivity index (χ1) is 21.2. The molecule has 2 heterocycles. The molecule has 0 saturated carbocycles. The molecule has 0 bridgehead atoms. The van der Waals surface area contributed by atoms with Gasteiger partial charge in [-0.25, -0.2) is 26.7 Å². The van der Waals surface area contributed by atoms with Gasteiger partial charge in [0.1, 0.15) is 12.1 Å². The van der Waals surface area contributed by atoms with E-state index < -0.39 is 50.0 Å². The van der Waals surface area contributed by atoms with Crippen LogP contribution in [0.15, 0.2) is 47.4 Å². The van der Waals surface area contributed by atoms with Crippen LogP contribution in [0.25, 0.3) is 0 Å². The highest BCUT2D eigenvalue weighted by Crippen LogP contribution is 2.26. The maximum Gasteiger partial charge on any atom is 0.243 e. The fourth-order valence-corrected chi connectivity index (χ4v) is 7.54. The summed E-state index contributed by atoms with van der Waals surface area (Å²) in [6, 6.07) is 9.04. The Hall–Kier alpha value is -2.30. The number of hydrogen-bond donors (Lipinski definition) is 4. The van der Waals surface area contributed by atoms with Crippen molar-refractivity contribution in [3.63, 3.8) is 0 Å². The van der Waals surface area contributed by atoms with Crippen LogP contribution in [-0.4, -0.2) is 77.6 Å². The Bertz CT molecular complexity index is 1570. The highest BCUT2D eigenvalue weighted by Gasteiger charge is 2.43. The number of amides is 2. The second-order valence-electron chi connectivity index (χ2n) is 11.5. The topological polar surface area (TPSA) is 177 Å². The summed E-state index contributed by atoms with van der Waals surface area (Å²) in [5.74, 6) is -0.736. The molecule has 2 aromatic rings. The van der Waals surface area contributed by atoms with Crippen LogP contribution in [-0.2, 0) is 47.5 Å². The Morgan fingerprint density at radius 3 is 2.38 bits per heavy atom. The van der Waals surface area contributed by atoms with Crippen molar-refractivity contribution in [1.82, 2.24) is 20.3 Å². The van der Waals surface area contributed by atoms with Crippen LogP contribution in [0, 0.1) is 5.92 Å². The van der Waals surface area contributed by atoms with Gasteiger partial charge < -0.3 is 20.3 Å². The first-order valence-electron chi connectivity index (χ1n) is 14.6. The van der Waals surface area contributed by atoms with Gasteiger partial charge in [0.2, 0.25) is 31.9 Å². The Balaban J connectivity index is 1.54. The summed E-state index contributed by atoms with van der Waals surface area (Å²) in [4.78, 5) is 28.8. The first kappa shape index (κ1) is 35.6. The summed E-state index contributed by atoms with van der Waals surface area (Å²) in [7, 11) is -7.86. The maximum absolute atomic E-state index is 14.0. The van der Waals surface area contributed by atoms with Crippen molar-refractivity contribution in [1.29, 1.82) is 0 Å². The third kappa shape index (κ3) is 10.6. The Kier molecular flexibility index (Phi) is 12.3. The van der Waals surface area contributed by atoms with Gasteiger partial charge in [-0.3, -0.25) is 9.59 Å². The maximum atomic E-state index is 14.0. The van der Waals surface area contributed by atoms with E-state index in [1.165, 1.54) is 23.1 Å². The largest absolute Gasteiger partial charge is 0.372 e. The van der Waals surface area contributed by atoms with E-state index in [1.54, 1.807) is 12.1 Å². The number of nitrogens with one attached hydrogen (secondary N) is 3. The molecule has 2 amide bonds. The molecule has 2 saturated heterocycles. The highest BCUT2D eigenvalue weighted by molar-refractivity contribution is 7.89. The van der Waals surface area contributed by atoms with Gasteiger partial charge in [0.25, 0.3) is 0 Å². The van der Waals surface area contributed by atoms with Crippen LogP contribution >= 0.6 is 23.2 Å². The van der Waals surface area contributed by atoms with Crippen LogP contribution in [0.4, 0.5) is 0 Å². The van der Waals surface area contributed by atoms with Crippen molar-refractivity contribution in [2.75, 3.05) is 25.9 Å². The molecule has 2 aromatic carbocycles. The average Bonchev–Trinajstić information content (AvgIpc) is 3.41. The molecule has 12 nitrogen and oxygen atoms in total. The summed E-state index contributed by atoms with van der Waals surface area (Å²) in [6.07, 6.45) is 3.39. The molecule has 4 rings (SSSR count). The number of likely N-dealkylation sites (tertiary alicyclic amines) is 1. The molecule has 0 aromatic heterocycles. The van der Waals surface area contributed by atoms with Gasteiger partial charge in [-0.2, -0.15) is 0 Å². The summed E-state index contributed by atoms with van der Waals surface area (Å²) in [6.45, 7) is 1.77. The van der Waals surface area contributed by atoms with Gasteiger partial charge in [0.15, 0.2) is 0 Å². The molecule has 45 heavy (non-hydrogen) atoms. The van der Waals surface area contributed by atoms with Gasteiger partial charge in [0, 0.05) is 29.6 Å². The zero-order valence-electron chi connectivity index (χ0n) is 24.9. The van der Waals surface area contributed by atoms with E-state index in [9.17, 15) is 26.4 Å². The molecular formula is C29H39Cl2N5O7S2. The molecule has 0 aliphatic carbocycles. The molecule has 0 spiro atoms. The first-order valence-corrected chi connectivity index (χ1v) is 18.8. The quantitative estimate of drug-likeness (QED) is 0.245. The molecule has 248 valence electrons. The Morgan fingerprint density at radius 2 is 1.73 bits per heavy atom. The van der Waals surface area contributed by atoms with Crippen LogP contribution in [0.2, 0.25) is 10.0 Å². The normalized spacial score (nSPS) is 20.2. The number of halogens is 2. The minimum absolute atomic E-state index is 0.0550. The smallest absolute Gasteiger partial charge is 0.243 e. The molecule has 2 aliphatic rings. The number of piperidine rings is 1. The molecule has 2 aliphatic heterocycles. The number of sulfonamides is 2.